The van der Waals surface area contributed by atoms with E-state index >= 15 is 0 Å². The summed E-state index contributed by atoms with van der Waals surface area (Å²) in [6, 6.07) is 7.79. The van der Waals surface area contributed by atoms with Crippen molar-refractivity contribution in [3.05, 3.63) is 67.7 Å². The van der Waals surface area contributed by atoms with Crippen LogP contribution in [0.1, 0.15) is 12.6 Å². The van der Waals surface area contributed by atoms with Crippen LogP contribution in [0.2, 0.25) is 5.02 Å². The number of anilines is 3. The topological polar surface area (TPSA) is 138 Å². The maximum Gasteiger partial charge on any atom is 0.270 e. The van der Waals surface area contributed by atoms with Crippen molar-refractivity contribution in [2.45, 2.75) is 18.4 Å². The number of sulfonamides is 1. The molecule has 1 aromatic heterocycles. The van der Waals surface area contributed by atoms with Gasteiger partial charge in [-0.25, -0.2) is 8.42 Å². The molecule has 0 radical (unpaired) electrons. The van der Waals surface area contributed by atoms with Crippen LogP contribution in [0.5, 0.6) is 5.75 Å². The summed E-state index contributed by atoms with van der Waals surface area (Å²) >= 11 is 6.02. The molecule has 0 spiro atoms. The first-order valence-electron chi connectivity index (χ1n) is 9.04. The predicted octanol–water partition coefficient (Wildman–Crippen LogP) is 1.96. The molecule has 164 valence electrons. The molecule has 1 heterocycles. The van der Waals surface area contributed by atoms with Gasteiger partial charge < -0.3 is 15.7 Å². The molecule has 0 saturated carbocycles. The molecule has 0 aliphatic carbocycles. The van der Waals surface area contributed by atoms with E-state index in [0.717, 1.165) is 7.11 Å². The molecule has 0 fully saturated rings. The summed E-state index contributed by atoms with van der Waals surface area (Å²) in [6.45, 7) is 1.69. The Morgan fingerprint density at radius 1 is 1.16 bits per heavy atom. The smallest absolute Gasteiger partial charge is 0.270 e. The maximum absolute atomic E-state index is 12.8. The van der Waals surface area contributed by atoms with E-state index in [0.29, 0.717) is 10.2 Å². The Bertz CT molecular complexity index is 1270. The number of halogens is 1. The van der Waals surface area contributed by atoms with Crippen LogP contribution >= 0.6 is 11.6 Å². The molecule has 0 bridgehead atoms. The number of benzene rings is 1. The third-order valence-electron chi connectivity index (χ3n) is 4.41. The summed E-state index contributed by atoms with van der Waals surface area (Å²) in [5.74, 6) is -0.716. The Hall–Kier alpha value is -2.99. The highest BCUT2D eigenvalue weighted by molar-refractivity contribution is 7.89. The van der Waals surface area contributed by atoms with Gasteiger partial charge in [-0.1, -0.05) is 22.1 Å². The highest BCUT2D eigenvalue weighted by atomic mass is 35.5. The van der Waals surface area contributed by atoms with Gasteiger partial charge in [0.05, 0.1) is 30.1 Å². The number of hydroxylamine groups is 1. The molecule has 0 aliphatic rings. The zero-order chi connectivity index (χ0) is 22.8. The van der Waals surface area contributed by atoms with Gasteiger partial charge in [-0.05, 0) is 31.2 Å². The quantitative estimate of drug-likeness (QED) is 0.245. The average molecular weight is 467 g/mol. The lowest BCUT2D eigenvalue weighted by atomic mass is 10.1. The van der Waals surface area contributed by atoms with Crippen molar-refractivity contribution < 1.29 is 18.4 Å². The van der Waals surface area contributed by atoms with E-state index in [9.17, 15) is 23.1 Å². The van der Waals surface area contributed by atoms with E-state index in [1.165, 1.54) is 19.1 Å². The van der Waals surface area contributed by atoms with Gasteiger partial charge in [0.2, 0.25) is 0 Å². The van der Waals surface area contributed by atoms with Crippen molar-refractivity contribution >= 4 is 38.7 Å². The maximum atomic E-state index is 12.8. The summed E-state index contributed by atoms with van der Waals surface area (Å²) in [5.41, 5.74) is -1.14. The summed E-state index contributed by atoms with van der Waals surface area (Å²) < 4.78 is 26.2. The number of phenolic OH excluding ortho intramolecular Hbond substituents is 1. The van der Waals surface area contributed by atoms with Crippen molar-refractivity contribution in [1.29, 1.82) is 0 Å². The molecule has 0 aliphatic heterocycles. The molecule has 3 N–H and O–H groups in total. The highest BCUT2D eigenvalue weighted by Gasteiger charge is 2.31. The van der Waals surface area contributed by atoms with Crippen LogP contribution in [-0.2, 0) is 21.4 Å². The first-order valence-corrected chi connectivity index (χ1v) is 10.9. The number of pyridine rings is 1. The minimum Gasteiger partial charge on any atom is -0.504 e. The van der Waals surface area contributed by atoms with E-state index in [1.54, 1.807) is 24.4 Å². The number of aromatic nitrogens is 1. The Balaban J connectivity index is 1.94. The minimum atomic E-state index is -4.30. The monoisotopic (exact) mass is 466 g/mol. The predicted molar refractivity (Wildman–Crippen MR) is 116 cm³/mol. The van der Waals surface area contributed by atoms with Crippen molar-refractivity contribution in [1.82, 2.24) is 9.45 Å². The molecule has 10 nitrogen and oxygen atoms in total. The van der Waals surface area contributed by atoms with Gasteiger partial charge in [-0.3, -0.25) is 19.4 Å². The van der Waals surface area contributed by atoms with E-state index in [4.69, 9.17) is 16.4 Å². The van der Waals surface area contributed by atoms with Gasteiger partial charge in [-0.2, -0.15) is 0 Å². The number of aromatic hydroxyl groups is 1. The molecule has 31 heavy (non-hydrogen) atoms. The molecule has 3 rings (SSSR count). The fourth-order valence-corrected chi connectivity index (χ4v) is 4.74. The normalized spacial score (nSPS) is 11.7. The molecule has 0 saturated heterocycles. The summed E-state index contributed by atoms with van der Waals surface area (Å²) in [4.78, 5) is 32.4. The second-order valence-corrected chi connectivity index (χ2v) is 8.46. The lowest BCUT2D eigenvalue weighted by Crippen LogP contribution is -2.36. The Morgan fingerprint density at radius 2 is 1.87 bits per heavy atom. The number of hydrogen-bond donors (Lipinski definition) is 3. The van der Waals surface area contributed by atoms with Gasteiger partial charge >= 0.3 is 0 Å². The van der Waals surface area contributed by atoms with Crippen molar-refractivity contribution in [3.63, 3.8) is 0 Å². The number of rotatable bonds is 9. The van der Waals surface area contributed by atoms with Crippen LogP contribution in [0.15, 0.2) is 51.0 Å². The van der Waals surface area contributed by atoms with Crippen LogP contribution < -0.4 is 21.5 Å². The minimum absolute atomic E-state index is 0.00138. The Morgan fingerprint density at radius 3 is 2.48 bits per heavy atom. The number of phenols is 1. The second-order valence-electron chi connectivity index (χ2n) is 6.29. The molecule has 12 heteroatoms. The van der Waals surface area contributed by atoms with Gasteiger partial charge in [0.15, 0.2) is 5.75 Å². The molecule has 0 atom stereocenters. The van der Waals surface area contributed by atoms with Crippen molar-refractivity contribution in [2.24, 2.45) is 0 Å². The third kappa shape index (κ3) is 4.26. The standard InChI is InChI=1S/C19H19ClN4O6S/c1-3-24(30-2)31(28,29)19-12(20)7-8-13(16(19)25)23-15-14(17(26)18(15)27)22-10-11-6-4-5-9-21-11/h4-9,22-23,25H,3,10H2,1-2H3. The lowest BCUT2D eigenvalue weighted by Gasteiger charge is -2.21. The van der Waals surface area contributed by atoms with E-state index in [1.807, 2.05) is 0 Å². The molecular weight excluding hydrogens is 448 g/mol. The zero-order valence-corrected chi connectivity index (χ0v) is 18.1. The van der Waals surface area contributed by atoms with Crippen LogP contribution in [0.3, 0.4) is 0 Å². The van der Waals surface area contributed by atoms with Gasteiger partial charge in [0.25, 0.3) is 20.9 Å². The third-order valence-corrected chi connectivity index (χ3v) is 6.71. The van der Waals surface area contributed by atoms with E-state index < -0.39 is 31.5 Å². The average Bonchev–Trinajstić information content (AvgIpc) is 2.75. The first-order chi connectivity index (χ1) is 14.7. The van der Waals surface area contributed by atoms with Gasteiger partial charge in [0, 0.05) is 12.7 Å². The summed E-state index contributed by atoms with van der Waals surface area (Å²) in [7, 11) is -3.13. The highest BCUT2D eigenvalue weighted by Crippen LogP contribution is 2.40. The Kier molecular flexibility index (Phi) is 6.60. The fourth-order valence-electron chi connectivity index (χ4n) is 2.89. The van der Waals surface area contributed by atoms with Crippen LogP contribution in [0.25, 0.3) is 0 Å². The number of nitrogens with one attached hydrogen (secondary N) is 2. The number of nitrogens with zero attached hydrogens (tertiary/aromatic N) is 2. The largest absolute Gasteiger partial charge is 0.504 e. The SMILES string of the molecule is CCN(OC)S(=O)(=O)c1c(Cl)ccc(Nc2c(NCc3ccccn3)c(=O)c2=O)c1O. The molecule has 0 amide bonds. The van der Waals surface area contributed by atoms with Crippen LogP contribution in [0, 0.1) is 0 Å². The van der Waals surface area contributed by atoms with Crippen LogP contribution in [0.4, 0.5) is 17.1 Å². The zero-order valence-electron chi connectivity index (χ0n) is 16.5. The second kappa shape index (κ2) is 9.02. The molecule has 3 aromatic rings. The van der Waals surface area contributed by atoms with Crippen molar-refractivity contribution in [2.75, 3.05) is 24.3 Å². The molecular formula is C19H19ClN4O6S. The van der Waals surface area contributed by atoms with Gasteiger partial charge in [-0.15, -0.1) is 0 Å². The van der Waals surface area contributed by atoms with E-state index in [-0.39, 0.29) is 35.2 Å². The fraction of sp³-hybridized carbons (Fsp3) is 0.211. The van der Waals surface area contributed by atoms with Crippen LogP contribution in [-0.4, -0.2) is 36.6 Å². The number of hydrogen-bond acceptors (Lipinski definition) is 9. The van der Waals surface area contributed by atoms with Crippen molar-refractivity contribution in [3.8, 4) is 5.75 Å². The molecule has 2 aromatic carbocycles. The Labute approximate surface area is 182 Å². The first kappa shape index (κ1) is 22.7. The van der Waals surface area contributed by atoms with E-state index in [2.05, 4.69) is 15.6 Å². The summed E-state index contributed by atoms with van der Waals surface area (Å²) in [5, 5.41) is 15.8. The molecule has 0 unspecified atom stereocenters. The van der Waals surface area contributed by atoms with Gasteiger partial charge in [0.1, 0.15) is 16.3 Å². The summed E-state index contributed by atoms with van der Waals surface area (Å²) in [6.07, 6.45) is 1.59. The lowest BCUT2D eigenvalue weighted by molar-refractivity contribution is -0.0443.